The summed E-state index contributed by atoms with van der Waals surface area (Å²) in [5.74, 6) is 0.328. The number of hydrogen-bond acceptors (Lipinski definition) is 5. The van der Waals surface area contributed by atoms with E-state index in [1.165, 1.54) is 20.3 Å². The standard InChI is InChI=1S/C18H21ClN2O5S/c1-12-9-13(19)5-7-15(12)20-18(22)11-21(27(4,23)24)14-6-8-16(25-2)17(10-14)26-3/h5-10H,11H2,1-4H3,(H,20,22). The lowest BCUT2D eigenvalue weighted by molar-refractivity contribution is -0.114. The number of hydrogen-bond donors (Lipinski definition) is 1. The first kappa shape index (κ1) is 20.9. The van der Waals surface area contributed by atoms with Gasteiger partial charge in [-0.3, -0.25) is 9.10 Å². The number of sulfonamides is 1. The maximum Gasteiger partial charge on any atom is 0.245 e. The second kappa shape index (κ2) is 8.49. The van der Waals surface area contributed by atoms with Crippen molar-refractivity contribution in [2.45, 2.75) is 6.92 Å². The minimum absolute atomic E-state index is 0.290. The highest BCUT2D eigenvalue weighted by atomic mass is 35.5. The van der Waals surface area contributed by atoms with Crippen molar-refractivity contribution in [1.82, 2.24) is 0 Å². The molecule has 2 aromatic rings. The topological polar surface area (TPSA) is 84.9 Å². The third-order valence-electron chi connectivity index (χ3n) is 3.81. The van der Waals surface area contributed by atoms with E-state index in [1.54, 1.807) is 37.3 Å². The van der Waals surface area contributed by atoms with Crippen molar-refractivity contribution >= 4 is 38.9 Å². The molecule has 2 rings (SSSR count). The van der Waals surface area contributed by atoms with Gasteiger partial charge in [-0.25, -0.2) is 8.42 Å². The third-order valence-corrected chi connectivity index (χ3v) is 5.18. The summed E-state index contributed by atoms with van der Waals surface area (Å²) in [5, 5.41) is 3.25. The van der Waals surface area contributed by atoms with Crippen molar-refractivity contribution in [3.05, 3.63) is 47.0 Å². The quantitative estimate of drug-likeness (QED) is 0.755. The van der Waals surface area contributed by atoms with Crippen molar-refractivity contribution < 1.29 is 22.7 Å². The molecule has 2 aromatic carbocycles. The molecule has 0 aromatic heterocycles. The summed E-state index contributed by atoms with van der Waals surface area (Å²) in [5.41, 5.74) is 1.62. The lowest BCUT2D eigenvalue weighted by Gasteiger charge is -2.23. The Labute approximate surface area is 163 Å². The first-order valence-electron chi connectivity index (χ1n) is 7.91. The fourth-order valence-corrected chi connectivity index (χ4v) is 3.54. The van der Waals surface area contributed by atoms with Gasteiger partial charge in [0.2, 0.25) is 15.9 Å². The van der Waals surface area contributed by atoms with E-state index in [1.807, 2.05) is 0 Å². The molecule has 0 unspecified atom stereocenters. The summed E-state index contributed by atoms with van der Waals surface area (Å²) in [7, 11) is -0.785. The summed E-state index contributed by atoms with van der Waals surface area (Å²) in [4.78, 5) is 12.5. The van der Waals surface area contributed by atoms with Crippen molar-refractivity contribution in [3.8, 4) is 11.5 Å². The van der Waals surface area contributed by atoms with E-state index in [9.17, 15) is 13.2 Å². The zero-order valence-electron chi connectivity index (χ0n) is 15.4. The van der Waals surface area contributed by atoms with Gasteiger partial charge < -0.3 is 14.8 Å². The normalized spacial score (nSPS) is 11.0. The van der Waals surface area contributed by atoms with Gasteiger partial charge in [-0.2, -0.15) is 0 Å². The largest absolute Gasteiger partial charge is 0.493 e. The minimum Gasteiger partial charge on any atom is -0.493 e. The number of anilines is 2. The van der Waals surface area contributed by atoms with Gasteiger partial charge in [-0.15, -0.1) is 0 Å². The van der Waals surface area contributed by atoms with Crippen LogP contribution in [0.4, 0.5) is 11.4 Å². The van der Waals surface area contributed by atoms with Gasteiger partial charge in [-0.1, -0.05) is 11.6 Å². The number of benzene rings is 2. The summed E-state index contributed by atoms with van der Waals surface area (Å²) in [6.07, 6.45) is 1.03. The second-order valence-electron chi connectivity index (χ2n) is 5.82. The number of carbonyl (C=O) groups excluding carboxylic acids is 1. The average Bonchev–Trinajstić information content (AvgIpc) is 2.60. The zero-order chi connectivity index (χ0) is 20.2. The summed E-state index contributed by atoms with van der Waals surface area (Å²) in [6, 6.07) is 9.64. The van der Waals surface area contributed by atoms with Crippen LogP contribution in [0.5, 0.6) is 11.5 Å². The van der Waals surface area contributed by atoms with E-state index in [-0.39, 0.29) is 5.69 Å². The van der Waals surface area contributed by atoms with Gasteiger partial charge in [0.25, 0.3) is 0 Å². The summed E-state index contributed by atoms with van der Waals surface area (Å²) in [6.45, 7) is 1.40. The molecule has 0 fully saturated rings. The molecular formula is C18H21ClN2O5S. The van der Waals surface area contributed by atoms with Crippen LogP contribution in [0, 0.1) is 6.92 Å². The van der Waals surface area contributed by atoms with E-state index in [2.05, 4.69) is 5.32 Å². The SMILES string of the molecule is COc1ccc(N(CC(=O)Nc2ccc(Cl)cc2C)S(C)(=O)=O)cc1OC. The maximum absolute atomic E-state index is 12.5. The number of nitrogens with one attached hydrogen (secondary N) is 1. The molecule has 1 amide bonds. The molecule has 0 spiro atoms. The van der Waals surface area contributed by atoms with Gasteiger partial charge >= 0.3 is 0 Å². The van der Waals surface area contributed by atoms with Crippen LogP contribution in [0.3, 0.4) is 0 Å². The van der Waals surface area contributed by atoms with Crippen LogP contribution in [0.15, 0.2) is 36.4 Å². The van der Waals surface area contributed by atoms with E-state index in [0.717, 1.165) is 16.1 Å². The number of nitrogens with zero attached hydrogens (tertiary/aromatic N) is 1. The number of amides is 1. The highest BCUT2D eigenvalue weighted by molar-refractivity contribution is 7.92. The van der Waals surface area contributed by atoms with Crippen LogP contribution in [-0.2, 0) is 14.8 Å². The Balaban J connectivity index is 2.28. The van der Waals surface area contributed by atoms with Crippen LogP contribution in [0.1, 0.15) is 5.56 Å². The molecular weight excluding hydrogens is 392 g/mol. The number of aryl methyl sites for hydroxylation is 1. The number of ether oxygens (including phenoxy) is 2. The predicted molar refractivity (Wildman–Crippen MR) is 107 cm³/mol. The molecule has 7 nitrogen and oxygen atoms in total. The summed E-state index contributed by atoms with van der Waals surface area (Å²) < 4.78 is 35.8. The molecule has 1 N–H and O–H groups in total. The lowest BCUT2D eigenvalue weighted by atomic mass is 10.2. The predicted octanol–water partition coefficient (Wildman–Crippen LogP) is 3.07. The molecule has 146 valence electrons. The van der Waals surface area contributed by atoms with Crippen LogP contribution in [-0.4, -0.2) is 41.3 Å². The highest BCUT2D eigenvalue weighted by Gasteiger charge is 2.22. The van der Waals surface area contributed by atoms with Crippen molar-refractivity contribution in [2.24, 2.45) is 0 Å². The Hall–Kier alpha value is -2.45. The van der Waals surface area contributed by atoms with Crippen molar-refractivity contribution in [2.75, 3.05) is 36.6 Å². The van der Waals surface area contributed by atoms with E-state index < -0.39 is 22.5 Å². The van der Waals surface area contributed by atoms with Crippen molar-refractivity contribution in [1.29, 1.82) is 0 Å². The molecule has 0 atom stereocenters. The molecule has 0 heterocycles. The average molecular weight is 413 g/mol. The first-order valence-corrected chi connectivity index (χ1v) is 10.1. The molecule has 0 aliphatic heterocycles. The van der Waals surface area contributed by atoms with Gasteiger partial charge in [0, 0.05) is 16.8 Å². The summed E-state index contributed by atoms with van der Waals surface area (Å²) >= 11 is 5.91. The molecule has 0 aliphatic carbocycles. The smallest absolute Gasteiger partial charge is 0.245 e. The van der Waals surface area contributed by atoms with E-state index in [0.29, 0.717) is 22.2 Å². The Morgan fingerprint density at radius 3 is 2.33 bits per heavy atom. The Bertz CT molecular complexity index is 947. The van der Waals surface area contributed by atoms with Gasteiger partial charge in [-0.05, 0) is 42.8 Å². The van der Waals surface area contributed by atoms with Crippen LogP contribution in [0.2, 0.25) is 5.02 Å². The minimum atomic E-state index is -3.71. The first-order chi connectivity index (χ1) is 12.7. The Morgan fingerprint density at radius 2 is 1.78 bits per heavy atom. The lowest BCUT2D eigenvalue weighted by Crippen LogP contribution is -2.37. The molecule has 27 heavy (non-hydrogen) atoms. The van der Waals surface area contributed by atoms with E-state index in [4.69, 9.17) is 21.1 Å². The zero-order valence-corrected chi connectivity index (χ0v) is 17.0. The van der Waals surface area contributed by atoms with Gasteiger partial charge in [0.15, 0.2) is 11.5 Å². The Kier molecular flexibility index (Phi) is 6.56. The fraction of sp³-hybridized carbons (Fsp3) is 0.278. The molecule has 0 saturated heterocycles. The maximum atomic E-state index is 12.5. The number of carbonyl (C=O) groups is 1. The number of rotatable bonds is 7. The van der Waals surface area contributed by atoms with Gasteiger partial charge in [0.05, 0.1) is 26.2 Å². The monoisotopic (exact) mass is 412 g/mol. The second-order valence-corrected chi connectivity index (χ2v) is 8.16. The number of halogens is 1. The van der Waals surface area contributed by atoms with Crippen molar-refractivity contribution in [3.63, 3.8) is 0 Å². The fourth-order valence-electron chi connectivity index (χ4n) is 2.47. The highest BCUT2D eigenvalue weighted by Crippen LogP contribution is 2.32. The van der Waals surface area contributed by atoms with Crippen LogP contribution < -0.4 is 19.1 Å². The van der Waals surface area contributed by atoms with E-state index >= 15 is 0 Å². The van der Waals surface area contributed by atoms with Crippen LogP contribution >= 0.6 is 11.6 Å². The molecule has 0 bridgehead atoms. The number of methoxy groups -OCH3 is 2. The molecule has 9 heteroatoms. The van der Waals surface area contributed by atoms with Crippen LogP contribution in [0.25, 0.3) is 0 Å². The molecule has 0 radical (unpaired) electrons. The molecule has 0 saturated carbocycles. The van der Waals surface area contributed by atoms with Gasteiger partial charge in [0.1, 0.15) is 6.54 Å². The molecule has 0 aliphatic rings. The third kappa shape index (κ3) is 5.27. The Morgan fingerprint density at radius 1 is 1.11 bits per heavy atom.